The monoisotopic (exact) mass is 270 g/mol. The molecule has 100 valence electrons. The van der Waals surface area contributed by atoms with Crippen LogP contribution in [0.25, 0.3) is 23.0 Å². The third kappa shape index (κ3) is 2.23. The SMILES string of the molecule is Cc1cc(F)ccc1-c1noc(-c2ccc(N)cn2)n1. The fourth-order valence-corrected chi connectivity index (χ4v) is 1.85. The van der Waals surface area contributed by atoms with Gasteiger partial charge in [-0.3, -0.25) is 0 Å². The lowest BCUT2D eigenvalue weighted by Crippen LogP contribution is -1.89. The van der Waals surface area contributed by atoms with Gasteiger partial charge in [-0.2, -0.15) is 4.98 Å². The Labute approximate surface area is 114 Å². The normalized spacial score (nSPS) is 10.7. The topological polar surface area (TPSA) is 77.8 Å². The van der Waals surface area contributed by atoms with Crippen molar-refractivity contribution in [1.29, 1.82) is 0 Å². The lowest BCUT2D eigenvalue weighted by molar-refractivity contribution is 0.431. The molecule has 2 heterocycles. The average Bonchev–Trinajstić information content (AvgIpc) is 2.89. The van der Waals surface area contributed by atoms with Crippen LogP contribution in [0.15, 0.2) is 41.1 Å². The summed E-state index contributed by atoms with van der Waals surface area (Å²) in [6, 6.07) is 7.81. The van der Waals surface area contributed by atoms with Gasteiger partial charge in [0.15, 0.2) is 0 Å². The first-order chi connectivity index (χ1) is 9.63. The number of benzene rings is 1. The third-order valence-corrected chi connectivity index (χ3v) is 2.86. The number of aromatic nitrogens is 3. The van der Waals surface area contributed by atoms with Gasteiger partial charge in [0.2, 0.25) is 5.82 Å². The molecule has 2 N–H and O–H groups in total. The summed E-state index contributed by atoms with van der Waals surface area (Å²) in [5.41, 5.74) is 8.13. The van der Waals surface area contributed by atoms with Crippen molar-refractivity contribution < 1.29 is 8.91 Å². The lowest BCUT2D eigenvalue weighted by Gasteiger charge is -1.99. The van der Waals surface area contributed by atoms with Crippen LogP contribution in [-0.2, 0) is 0 Å². The number of anilines is 1. The van der Waals surface area contributed by atoms with Gasteiger partial charge >= 0.3 is 0 Å². The lowest BCUT2D eigenvalue weighted by atomic mass is 10.1. The highest BCUT2D eigenvalue weighted by Gasteiger charge is 2.13. The first kappa shape index (κ1) is 12.3. The summed E-state index contributed by atoms with van der Waals surface area (Å²) in [7, 11) is 0. The molecule has 0 aliphatic heterocycles. The second-order valence-electron chi connectivity index (χ2n) is 4.36. The van der Waals surface area contributed by atoms with Crippen molar-refractivity contribution in [1.82, 2.24) is 15.1 Å². The molecule has 6 heteroatoms. The Morgan fingerprint density at radius 1 is 1.20 bits per heavy atom. The Hall–Kier alpha value is -2.76. The van der Waals surface area contributed by atoms with E-state index in [0.717, 1.165) is 11.1 Å². The van der Waals surface area contributed by atoms with E-state index in [1.165, 1.54) is 18.3 Å². The van der Waals surface area contributed by atoms with Gasteiger partial charge in [-0.25, -0.2) is 9.37 Å². The molecule has 0 amide bonds. The van der Waals surface area contributed by atoms with Crippen LogP contribution in [0.1, 0.15) is 5.56 Å². The summed E-state index contributed by atoms with van der Waals surface area (Å²) in [5.74, 6) is 0.398. The quantitative estimate of drug-likeness (QED) is 0.774. The van der Waals surface area contributed by atoms with E-state index in [4.69, 9.17) is 10.3 Å². The van der Waals surface area contributed by atoms with E-state index < -0.39 is 0 Å². The fourth-order valence-electron chi connectivity index (χ4n) is 1.85. The summed E-state index contributed by atoms with van der Waals surface area (Å²) in [4.78, 5) is 8.38. The standard InChI is InChI=1S/C14H11FN4O/c1-8-6-9(15)2-4-11(8)13-18-14(20-19-13)12-5-3-10(16)7-17-12/h2-7H,16H2,1H3. The predicted octanol–water partition coefficient (Wildman–Crippen LogP) is 2.83. The number of rotatable bonds is 2. The van der Waals surface area contributed by atoms with Gasteiger partial charge in [-0.15, -0.1) is 0 Å². The zero-order valence-corrected chi connectivity index (χ0v) is 10.7. The Morgan fingerprint density at radius 2 is 2.05 bits per heavy atom. The minimum atomic E-state index is -0.296. The van der Waals surface area contributed by atoms with Gasteiger partial charge in [-0.1, -0.05) is 5.16 Å². The molecule has 0 aliphatic carbocycles. The third-order valence-electron chi connectivity index (χ3n) is 2.86. The van der Waals surface area contributed by atoms with Crippen molar-refractivity contribution in [3.8, 4) is 23.0 Å². The van der Waals surface area contributed by atoms with Crippen LogP contribution in [-0.4, -0.2) is 15.1 Å². The van der Waals surface area contributed by atoms with Crippen molar-refractivity contribution in [3.05, 3.63) is 47.9 Å². The molecule has 0 aliphatic rings. The van der Waals surface area contributed by atoms with Crippen LogP contribution in [0, 0.1) is 12.7 Å². The average molecular weight is 270 g/mol. The molecule has 5 nitrogen and oxygen atoms in total. The van der Waals surface area contributed by atoms with E-state index in [2.05, 4.69) is 15.1 Å². The van der Waals surface area contributed by atoms with Crippen molar-refractivity contribution in [3.63, 3.8) is 0 Å². The first-order valence-corrected chi connectivity index (χ1v) is 5.95. The molecule has 0 radical (unpaired) electrons. The van der Waals surface area contributed by atoms with E-state index in [9.17, 15) is 4.39 Å². The van der Waals surface area contributed by atoms with Gasteiger partial charge in [0.1, 0.15) is 11.5 Å². The smallest absolute Gasteiger partial charge is 0.276 e. The van der Waals surface area contributed by atoms with Crippen LogP contribution in [0.3, 0.4) is 0 Å². The minimum absolute atomic E-state index is 0.295. The number of halogens is 1. The van der Waals surface area contributed by atoms with Gasteiger partial charge < -0.3 is 10.3 Å². The molecule has 0 spiro atoms. The Bertz CT molecular complexity index is 752. The van der Waals surface area contributed by atoms with Gasteiger partial charge in [-0.05, 0) is 42.8 Å². The molecule has 3 rings (SSSR count). The first-order valence-electron chi connectivity index (χ1n) is 5.95. The number of nitrogens with zero attached hydrogens (tertiary/aromatic N) is 3. The van der Waals surface area contributed by atoms with Crippen LogP contribution < -0.4 is 5.73 Å². The number of nitrogen functional groups attached to an aromatic ring is 1. The fraction of sp³-hybridized carbons (Fsp3) is 0.0714. The van der Waals surface area contributed by atoms with E-state index in [1.807, 2.05) is 0 Å². The molecule has 0 unspecified atom stereocenters. The van der Waals surface area contributed by atoms with E-state index >= 15 is 0 Å². The molecule has 3 aromatic rings. The summed E-state index contributed by atoms with van der Waals surface area (Å²) >= 11 is 0. The highest BCUT2D eigenvalue weighted by atomic mass is 19.1. The van der Waals surface area contributed by atoms with Crippen LogP contribution in [0.4, 0.5) is 10.1 Å². The number of hydrogen-bond acceptors (Lipinski definition) is 5. The summed E-state index contributed by atoms with van der Waals surface area (Å²) in [6.45, 7) is 1.79. The molecule has 2 aromatic heterocycles. The van der Waals surface area contributed by atoms with E-state index in [1.54, 1.807) is 25.1 Å². The minimum Gasteiger partial charge on any atom is -0.397 e. The van der Waals surface area contributed by atoms with Gasteiger partial charge in [0.05, 0.1) is 11.9 Å². The Kier molecular flexibility index (Phi) is 2.90. The van der Waals surface area contributed by atoms with Crippen molar-refractivity contribution in [2.45, 2.75) is 6.92 Å². The Balaban J connectivity index is 1.99. The molecular weight excluding hydrogens is 259 g/mol. The summed E-state index contributed by atoms with van der Waals surface area (Å²) < 4.78 is 18.3. The number of hydrogen-bond donors (Lipinski definition) is 1. The molecule has 0 fully saturated rings. The molecule has 0 atom stereocenters. The van der Waals surface area contributed by atoms with Gasteiger partial charge in [0.25, 0.3) is 5.89 Å². The van der Waals surface area contributed by atoms with E-state index in [0.29, 0.717) is 23.1 Å². The summed E-state index contributed by atoms with van der Waals surface area (Å²) in [6.07, 6.45) is 1.52. The molecule has 0 saturated carbocycles. The highest BCUT2D eigenvalue weighted by Crippen LogP contribution is 2.24. The maximum atomic E-state index is 13.1. The van der Waals surface area contributed by atoms with Crippen LogP contribution in [0.5, 0.6) is 0 Å². The van der Waals surface area contributed by atoms with Crippen LogP contribution >= 0.6 is 0 Å². The van der Waals surface area contributed by atoms with Crippen molar-refractivity contribution in [2.24, 2.45) is 0 Å². The molecule has 1 aromatic carbocycles. The Morgan fingerprint density at radius 3 is 2.75 bits per heavy atom. The zero-order chi connectivity index (χ0) is 14.1. The van der Waals surface area contributed by atoms with E-state index in [-0.39, 0.29) is 5.82 Å². The second kappa shape index (κ2) is 4.73. The predicted molar refractivity (Wildman–Crippen MR) is 72.1 cm³/mol. The maximum absolute atomic E-state index is 13.1. The van der Waals surface area contributed by atoms with Gasteiger partial charge in [0, 0.05) is 5.56 Å². The molecule has 20 heavy (non-hydrogen) atoms. The largest absolute Gasteiger partial charge is 0.397 e. The highest BCUT2D eigenvalue weighted by molar-refractivity contribution is 5.61. The second-order valence-corrected chi connectivity index (χ2v) is 4.36. The molecule has 0 bridgehead atoms. The van der Waals surface area contributed by atoms with Crippen molar-refractivity contribution >= 4 is 5.69 Å². The maximum Gasteiger partial charge on any atom is 0.276 e. The molecular formula is C14H11FN4O. The zero-order valence-electron chi connectivity index (χ0n) is 10.7. The summed E-state index contributed by atoms with van der Waals surface area (Å²) in [5, 5.41) is 3.90. The molecule has 0 saturated heterocycles. The number of nitrogens with two attached hydrogens (primary N) is 1. The van der Waals surface area contributed by atoms with Crippen LogP contribution in [0.2, 0.25) is 0 Å². The van der Waals surface area contributed by atoms with Crippen molar-refractivity contribution in [2.75, 3.05) is 5.73 Å². The number of pyridine rings is 1. The number of aryl methyl sites for hydroxylation is 1.